The van der Waals surface area contributed by atoms with Crippen LogP contribution in [0.25, 0.3) is 10.9 Å². The quantitative estimate of drug-likeness (QED) is 0.797. The number of nitrogens with zero attached hydrogens (tertiary/aromatic N) is 3. The molecule has 2 heterocycles. The average Bonchev–Trinajstić information content (AvgIpc) is 3.07. The number of aliphatic hydroxyl groups excluding tert-OH is 1. The van der Waals surface area contributed by atoms with Crippen molar-refractivity contribution in [1.82, 2.24) is 14.9 Å². The van der Waals surface area contributed by atoms with E-state index >= 15 is 0 Å². The normalized spacial score (nSPS) is 21.0. The van der Waals surface area contributed by atoms with Crippen LogP contribution in [0, 0.1) is 6.92 Å². The predicted molar refractivity (Wildman–Crippen MR) is 99.4 cm³/mol. The summed E-state index contributed by atoms with van der Waals surface area (Å²) in [6, 6.07) is 18.5. The summed E-state index contributed by atoms with van der Waals surface area (Å²) >= 11 is 0. The molecule has 2 aromatic carbocycles. The summed E-state index contributed by atoms with van der Waals surface area (Å²) < 4.78 is 0. The Morgan fingerprint density at radius 2 is 1.80 bits per heavy atom. The minimum Gasteiger partial charge on any atom is -0.395 e. The van der Waals surface area contributed by atoms with Gasteiger partial charge in [0.05, 0.1) is 18.7 Å². The fourth-order valence-electron chi connectivity index (χ4n) is 3.91. The van der Waals surface area contributed by atoms with E-state index < -0.39 is 0 Å². The van der Waals surface area contributed by atoms with Crippen LogP contribution in [0.2, 0.25) is 0 Å². The molecular weight excluding hydrogens is 310 g/mol. The van der Waals surface area contributed by atoms with Crippen molar-refractivity contribution in [2.75, 3.05) is 19.7 Å². The van der Waals surface area contributed by atoms with Gasteiger partial charge in [0.2, 0.25) is 0 Å². The van der Waals surface area contributed by atoms with Crippen LogP contribution in [0.4, 0.5) is 0 Å². The largest absolute Gasteiger partial charge is 0.395 e. The molecule has 4 nitrogen and oxygen atoms in total. The van der Waals surface area contributed by atoms with Gasteiger partial charge in [0.1, 0.15) is 5.82 Å². The molecule has 1 aromatic heterocycles. The molecule has 4 heteroatoms. The lowest BCUT2D eigenvalue weighted by Crippen LogP contribution is -2.34. The molecule has 1 unspecified atom stereocenters. The summed E-state index contributed by atoms with van der Waals surface area (Å²) in [6.45, 7) is 4.72. The van der Waals surface area contributed by atoms with E-state index in [4.69, 9.17) is 9.97 Å². The Morgan fingerprint density at radius 3 is 2.60 bits per heavy atom. The molecule has 0 aliphatic carbocycles. The van der Waals surface area contributed by atoms with Gasteiger partial charge >= 0.3 is 0 Å². The second-order valence-electron chi connectivity index (χ2n) is 7.01. The van der Waals surface area contributed by atoms with Gasteiger partial charge in [0.15, 0.2) is 0 Å². The Balaban J connectivity index is 1.57. The summed E-state index contributed by atoms with van der Waals surface area (Å²) in [5.74, 6) is 0.859. The van der Waals surface area contributed by atoms with Crippen LogP contribution in [0.3, 0.4) is 0 Å². The summed E-state index contributed by atoms with van der Waals surface area (Å²) in [5.41, 5.74) is 3.07. The highest BCUT2D eigenvalue weighted by molar-refractivity contribution is 5.80. The van der Waals surface area contributed by atoms with Gasteiger partial charge in [-0.15, -0.1) is 0 Å². The topological polar surface area (TPSA) is 49.2 Å². The number of aliphatic hydroxyl groups is 1. The number of benzene rings is 2. The van der Waals surface area contributed by atoms with Crippen LogP contribution in [-0.2, 0) is 12.0 Å². The van der Waals surface area contributed by atoms with Gasteiger partial charge in [-0.3, -0.25) is 4.90 Å². The van der Waals surface area contributed by atoms with Gasteiger partial charge in [-0.05, 0) is 31.5 Å². The monoisotopic (exact) mass is 333 g/mol. The van der Waals surface area contributed by atoms with Gasteiger partial charge in [0.25, 0.3) is 0 Å². The van der Waals surface area contributed by atoms with Crippen molar-refractivity contribution >= 4 is 10.9 Å². The number of hydrogen-bond acceptors (Lipinski definition) is 4. The van der Waals surface area contributed by atoms with Crippen molar-refractivity contribution in [1.29, 1.82) is 0 Å². The molecule has 0 bridgehead atoms. The van der Waals surface area contributed by atoms with Gasteiger partial charge in [-0.2, -0.15) is 0 Å². The third kappa shape index (κ3) is 3.03. The van der Waals surface area contributed by atoms with E-state index in [2.05, 4.69) is 23.1 Å². The maximum absolute atomic E-state index is 10.1. The highest BCUT2D eigenvalue weighted by Gasteiger charge is 2.39. The molecule has 4 rings (SSSR count). The van der Waals surface area contributed by atoms with E-state index in [1.165, 1.54) is 5.56 Å². The third-order valence-corrected chi connectivity index (χ3v) is 5.33. The molecule has 128 valence electrons. The van der Waals surface area contributed by atoms with Crippen LogP contribution >= 0.6 is 0 Å². The first-order chi connectivity index (χ1) is 12.2. The Hall–Kier alpha value is -2.30. The first-order valence-electron chi connectivity index (χ1n) is 8.81. The van der Waals surface area contributed by atoms with Crippen molar-refractivity contribution < 1.29 is 5.11 Å². The molecular formula is C21H23N3O. The van der Waals surface area contributed by atoms with Crippen molar-refractivity contribution in [3.8, 4) is 0 Å². The molecule has 25 heavy (non-hydrogen) atoms. The van der Waals surface area contributed by atoms with Crippen LogP contribution in [-0.4, -0.2) is 39.7 Å². The molecule has 1 saturated heterocycles. The molecule has 3 aromatic rings. The average molecular weight is 333 g/mol. The number of hydrogen-bond donors (Lipinski definition) is 1. The number of para-hydroxylation sites is 1. The number of rotatable bonds is 4. The lowest BCUT2D eigenvalue weighted by atomic mass is 9.80. The number of fused-ring (bicyclic) bond motifs is 1. The molecule has 1 aliphatic heterocycles. The summed E-state index contributed by atoms with van der Waals surface area (Å²) in [6.07, 6.45) is 0.958. The molecule has 0 amide bonds. The Morgan fingerprint density at radius 1 is 1.04 bits per heavy atom. The smallest absolute Gasteiger partial charge is 0.143 e. The van der Waals surface area contributed by atoms with E-state index in [1.807, 2.05) is 43.3 Å². The van der Waals surface area contributed by atoms with Crippen LogP contribution in [0.15, 0.2) is 54.6 Å². The summed E-state index contributed by atoms with van der Waals surface area (Å²) in [7, 11) is 0. The fraction of sp³-hybridized carbons (Fsp3) is 0.333. The first-order valence-corrected chi connectivity index (χ1v) is 8.81. The molecule has 1 fully saturated rings. The number of aryl methyl sites for hydroxylation is 1. The highest BCUT2D eigenvalue weighted by atomic mass is 16.3. The molecule has 1 aliphatic rings. The predicted octanol–water partition coefficient (Wildman–Crippen LogP) is 3.07. The zero-order chi connectivity index (χ0) is 17.3. The lowest BCUT2D eigenvalue weighted by Gasteiger charge is -2.27. The van der Waals surface area contributed by atoms with Crippen LogP contribution < -0.4 is 0 Å². The Bertz CT molecular complexity index is 881. The van der Waals surface area contributed by atoms with Gasteiger partial charge in [0, 0.05) is 23.0 Å². The van der Waals surface area contributed by atoms with Crippen LogP contribution in [0.5, 0.6) is 0 Å². The molecule has 0 saturated carbocycles. The standard InChI is InChI=1S/C21H23N3O/c1-16-18-9-5-6-10-19(18)23-20(22-16)13-24-12-11-21(14-24,15-25)17-7-3-2-4-8-17/h2-10,25H,11-15H2,1H3. The summed E-state index contributed by atoms with van der Waals surface area (Å²) in [4.78, 5) is 11.8. The number of aromatic nitrogens is 2. The van der Waals surface area contributed by atoms with Crippen molar-refractivity contribution in [3.05, 3.63) is 71.7 Å². The molecule has 1 N–H and O–H groups in total. The van der Waals surface area contributed by atoms with Crippen molar-refractivity contribution in [2.45, 2.75) is 25.3 Å². The van der Waals surface area contributed by atoms with Crippen molar-refractivity contribution in [2.24, 2.45) is 0 Å². The minimum absolute atomic E-state index is 0.172. The Labute approximate surface area is 148 Å². The maximum Gasteiger partial charge on any atom is 0.143 e. The van der Waals surface area contributed by atoms with E-state index in [0.29, 0.717) is 0 Å². The zero-order valence-corrected chi connectivity index (χ0v) is 14.5. The molecule has 1 atom stereocenters. The lowest BCUT2D eigenvalue weighted by molar-refractivity contribution is 0.187. The van der Waals surface area contributed by atoms with Crippen LogP contribution in [0.1, 0.15) is 23.5 Å². The zero-order valence-electron chi connectivity index (χ0n) is 14.5. The minimum atomic E-state index is -0.173. The van der Waals surface area contributed by atoms with E-state index in [9.17, 15) is 5.11 Å². The van der Waals surface area contributed by atoms with E-state index in [1.54, 1.807) is 0 Å². The maximum atomic E-state index is 10.1. The van der Waals surface area contributed by atoms with E-state index in [-0.39, 0.29) is 12.0 Å². The molecule has 0 spiro atoms. The summed E-state index contributed by atoms with van der Waals surface area (Å²) in [5, 5.41) is 11.2. The molecule has 0 radical (unpaired) electrons. The van der Waals surface area contributed by atoms with Gasteiger partial charge in [-0.1, -0.05) is 48.5 Å². The SMILES string of the molecule is Cc1nc(CN2CCC(CO)(c3ccccc3)C2)nc2ccccc12. The van der Waals surface area contributed by atoms with Gasteiger partial charge in [-0.25, -0.2) is 9.97 Å². The fourth-order valence-corrected chi connectivity index (χ4v) is 3.91. The number of likely N-dealkylation sites (tertiary alicyclic amines) is 1. The second-order valence-corrected chi connectivity index (χ2v) is 7.01. The van der Waals surface area contributed by atoms with Crippen molar-refractivity contribution in [3.63, 3.8) is 0 Å². The second kappa shape index (κ2) is 6.54. The highest BCUT2D eigenvalue weighted by Crippen LogP contribution is 2.34. The van der Waals surface area contributed by atoms with E-state index in [0.717, 1.165) is 48.5 Å². The van der Waals surface area contributed by atoms with Gasteiger partial charge < -0.3 is 5.11 Å². The Kier molecular flexibility index (Phi) is 4.24. The third-order valence-electron chi connectivity index (χ3n) is 5.33. The first kappa shape index (κ1) is 16.2.